The van der Waals surface area contributed by atoms with E-state index < -0.39 is 10.0 Å². The van der Waals surface area contributed by atoms with Gasteiger partial charge in [-0.2, -0.15) is 0 Å². The smallest absolute Gasteiger partial charge is 0.238 e. The molecule has 0 aliphatic heterocycles. The van der Waals surface area contributed by atoms with E-state index >= 15 is 0 Å². The molecule has 0 aliphatic rings. The van der Waals surface area contributed by atoms with E-state index in [2.05, 4.69) is 15.6 Å². The Labute approximate surface area is 182 Å². The van der Waals surface area contributed by atoms with Crippen molar-refractivity contribution in [1.82, 2.24) is 10.6 Å². The normalized spacial score (nSPS) is 11.6. The molecule has 0 spiro atoms. The summed E-state index contributed by atoms with van der Waals surface area (Å²) in [6, 6.07) is 14.1. The number of hydrogen-bond acceptors (Lipinski definition) is 3. The Hall–Kier alpha value is -1.36. The van der Waals surface area contributed by atoms with Crippen LogP contribution in [0.5, 0.6) is 0 Å². The summed E-state index contributed by atoms with van der Waals surface area (Å²) >= 11 is 5.99. The Morgan fingerprint density at radius 3 is 2.41 bits per heavy atom. The summed E-state index contributed by atoms with van der Waals surface area (Å²) in [4.78, 5) is 4.61. The number of benzene rings is 2. The van der Waals surface area contributed by atoms with Crippen LogP contribution in [0, 0.1) is 0 Å². The highest BCUT2D eigenvalue weighted by molar-refractivity contribution is 14.0. The molecular formula is C18H24ClIN4O2S. The number of aliphatic imine (C=N–C) groups is 1. The average Bonchev–Trinajstić information content (AvgIpc) is 2.59. The van der Waals surface area contributed by atoms with E-state index in [1.165, 1.54) is 12.1 Å². The molecule has 0 radical (unpaired) electrons. The number of sulfonamides is 1. The summed E-state index contributed by atoms with van der Waals surface area (Å²) < 4.78 is 22.5. The zero-order chi connectivity index (χ0) is 19.0. The Morgan fingerprint density at radius 2 is 1.81 bits per heavy atom. The first-order chi connectivity index (χ1) is 12.4. The summed E-state index contributed by atoms with van der Waals surface area (Å²) in [5.41, 5.74) is 2.05. The molecule has 0 amide bonds. The molecule has 0 bridgehead atoms. The minimum absolute atomic E-state index is 0. The van der Waals surface area contributed by atoms with Gasteiger partial charge in [-0.3, -0.25) is 0 Å². The second-order valence-corrected chi connectivity index (χ2v) is 7.69. The lowest BCUT2D eigenvalue weighted by Gasteiger charge is -2.11. The molecule has 6 nitrogen and oxygen atoms in total. The van der Waals surface area contributed by atoms with Crippen LogP contribution in [0.25, 0.3) is 0 Å². The van der Waals surface area contributed by atoms with Gasteiger partial charge in [-0.1, -0.05) is 35.9 Å². The van der Waals surface area contributed by atoms with E-state index in [9.17, 15) is 8.42 Å². The zero-order valence-electron chi connectivity index (χ0n) is 15.0. The van der Waals surface area contributed by atoms with Crippen LogP contribution in [0.2, 0.25) is 5.02 Å². The van der Waals surface area contributed by atoms with Gasteiger partial charge in [-0.15, -0.1) is 24.0 Å². The molecule has 0 saturated heterocycles. The van der Waals surface area contributed by atoms with Crippen molar-refractivity contribution in [2.24, 2.45) is 10.1 Å². The van der Waals surface area contributed by atoms with E-state index in [0.29, 0.717) is 12.5 Å². The van der Waals surface area contributed by atoms with Gasteiger partial charge < -0.3 is 10.6 Å². The summed E-state index contributed by atoms with van der Waals surface area (Å²) in [6.07, 6.45) is 0.827. The number of nitrogens with two attached hydrogens (primary N) is 1. The standard InChI is InChI=1S/C18H23ClN4O2S.HI/c1-2-21-18(22-11-10-14-4-3-5-16(19)12-14)23-13-15-6-8-17(9-7-15)26(20,24)25;/h3-9,12H,2,10-11,13H2,1H3,(H2,20,24,25)(H2,21,22,23);1H. The number of nitrogens with zero attached hydrogens (tertiary/aromatic N) is 1. The Morgan fingerprint density at radius 1 is 1.11 bits per heavy atom. The fraction of sp³-hybridized carbons (Fsp3) is 0.278. The number of primary sulfonamides is 1. The van der Waals surface area contributed by atoms with Crippen LogP contribution in [0.4, 0.5) is 0 Å². The summed E-state index contributed by atoms with van der Waals surface area (Å²) in [7, 11) is -3.67. The maximum atomic E-state index is 11.3. The molecule has 0 atom stereocenters. The molecule has 27 heavy (non-hydrogen) atoms. The van der Waals surface area contributed by atoms with Gasteiger partial charge in [0.1, 0.15) is 0 Å². The lowest BCUT2D eigenvalue weighted by molar-refractivity contribution is 0.598. The first kappa shape index (κ1) is 23.7. The molecule has 0 heterocycles. The van der Waals surface area contributed by atoms with E-state index in [4.69, 9.17) is 16.7 Å². The molecule has 0 unspecified atom stereocenters. The van der Waals surface area contributed by atoms with Crippen molar-refractivity contribution >= 4 is 51.6 Å². The monoisotopic (exact) mass is 522 g/mol. The molecule has 2 aromatic carbocycles. The van der Waals surface area contributed by atoms with Crippen LogP contribution in [0.1, 0.15) is 18.1 Å². The van der Waals surface area contributed by atoms with Crippen LogP contribution in [0.3, 0.4) is 0 Å². The second-order valence-electron chi connectivity index (χ2n) is 5.69. The molecule has 9 heteroatoms. The Kier molecular flexibility index (Phi) is 10.1. The first-order valence-electron chi connectivity index (χ1n) is 8.27. The zero-order valence-corrected chi connectivity index (χ0v) is 18.9. The van der Waals surface area contributed by atoms with Crippen molar-refractivity contribution < 1.29 is 8.42 Å². The van der Waals surface area contributed by atoms with Gasteiger partial charge in [-0.25, -0.2) is 18.5 Å². The average molecular weight is 523 g/mol. The fourth-order valence-electron chi connectivity index (χ4n) is 2.31. The van der Waals surface area contributed by atoms with E-state index in [1.807, 2.05) is 31.2 Å². The molecule has 0 fully saturated rings. The van der Waals surface area contributed by atoms with Gasteiger partial charge in [-0.05, 0) is 48.7 Å². The largest absolute Gasteiger partial charge is 0.357 e. The van der Waals surface area contributed by atoms with Crippen molar-refractivity contribution in [3.63, 3.8) is 0 Å². The van der Waals surface area contributed by atoms with Crippen molar-refractivity contribution in [2.45, 2.75) is 24.8 Å². The van der Waals surface area contributed by atoms with Gasteiger partial charge in [0.2, 0.25) is 10.0 Å². The highest BCUT2D eigenvalue weighted by Gasteiger charge is 2.06. The number of halogens is 2. The number of hydrogen-bond donors (Lipinski definition) is 3. The van der Waals surface area contributed by atoms with Crippen LogP contribution in [-0.4, -0.2) is 27.5 Å². The maximum Gasteiger partial charge on any atom is 0.238 e. The molecule has 0 aliphatic carbocycles. The Bertz CT molecular complexity index is 858. The maximum absolute atomic E-state index is 11.3. The van der Waals surface area contributed by atoms with Crippen molar-refractivity contribution in [3.8, 4) is 0 Å². The molecule has 148 valence electrons. The highest BCUT2D eigenvalue weighted by Crippen LogP contribution is 2.11. The molecular weight excluding hydrogens is 499 g/mol. The first-order valence-corrected chi connectivity index (χ1v) is 10.2. The van der Waals surface area contributed by atoms with Crippen molar-refractivity contribution in [3.05, 3.63) is 64.7 Å². The van der Waals surface area contributed by atoms with Gasteiger partial charge in [0.15, 0.2) is 5.96 Å². The minimum atomic E-state index is -3.67. The highest BCUT2D eigenvalue weighted by atomic mass is 127. The Balaban J connectivity index is 0.00000364. The quantitative estimate of drug-likeness (QED) is 0.296. The SMILES string of the molecule is CCNC(=NCc1ccc(S(N)(=O)=O)cc1)NCCc1cccc(Cl)c1.I. The van der Waals surface area contributed by atoms with Gasteiger partial charge in [0.05, 0.1) is 11.4 Å². The summed E-state index contributed by atoms with van der Waals surface area (Å²) in [6.45, 7) is 3.89. The van der Waals surface area contributed by atoms with Gasteiger partial charge in [0, 0.05) is 18.1 Å². The summed E-state index contributed by atoms with van der Waals surface area (Å²) in [5.74, 6) is 0.699. The molecule has 0 saturated carbocycles. The molecule has 4 N–H and O–H groups in total. The van der Waals surface area contributed by atoms with Gasteiger partial charge >= 0.3 is 0 Å². The predicted octanol–water partition coefficient (Wildman–Crippen LogP) is 2.90. The lowest BCUT2D eigenvalue weighted by Crippen LogP contribution is -2.38. The molecule has 0 aromatic heterocycles. The summed E-state index contributed by atoms with van der Waals surface area (Å²) in [5, 5.41) is 12.3. The third kappa shape index (κ3) is 8.46. The predicted molar refractivity (Wildman–Crippen MR) is 121 cm³/mol. The lowest BCUT2D eigenvalue weighted by atomic mass is 10.1. The minimum Gasteiger partial charge on any atom is -0.357 e. The third-order valence-electron chi connectivity index (χ3n) is 3.61. The van der Waals surface area contributed by atoms with Crippen LogP contribution < -0.4 is 15.8 Å². The second kappa shape index (κ2) is 11.5. The molecule has 2 aromatic rings. The number of guanidine groups is 1. The van der Waals surface area contributed by atoms with Crippen molar-refractivity contribution in [1.29, 1.82) is 0 Å². The van der Waals surface area contributed by atoms with Crippen LogP contribution in [-0.2, 0) is 23.0 Å². The fourth-order valence-corrected chi connectivity index (χ4v) is 3.04. The number of nitrogens with one attached hydrogen (secondary N) is 2. The van der Waals surface area contributed by atoms with E-state index in [0.717, 1.165) is 35.7 Å². The van der Waals surface area contributed by atoms with Crippen LogP contribution in [0.15, 0.2) is 58.4 Å². The van der Waals surface area contributed by atoms with Gasteiger partial charge in [0.25, 0.3) is 0 Å². The van der Waals surface area contributed by atoms with Crippen LogP contribution >= 0.6 is 35.6 Å². The van der Waals surface area contributed by atoms with E-state index in [-0.39, 0.29) is 28.9 Å². The van der Waals surface area contributed by atoms with E-state index in [1.54, 1.807) is 12.1 Å². The number of rotatable bonds is 7. The third-order valence-corrected chi connectivity index (χ3v) is 4.78. The molecule has 2 rings (SSSR count). The topological polar surface area (TPSA) is 96.6 Å². The van der Waals surface area contributed by atoms with Crippen molar-refractivity contribution in [2.75, 3.05) is 13.1 Å².